The van der Waals surface area contributed by atoms with Crippen molar-refractivity contribution in [2.24, 2.45) is 0 Å². The fourth-order valence-electron chi connectivity index (χ4n) is 3.89. The Morgan fingerprint density at radius 3 is 2.79 bits per heavy atom. The van der Waals surface area contributed by atoms with Gasteiger partial charge in [-0.1, -0.05) is 6.42 Å². The maximum absolute atomic E-state index is 13.2. The predicted octanol–water partition coefficient (Wildman–Crippen LogP) is 4.91. The van der Waals surface area contributed by atoms with Crippen molar-refractivity contribution in [1.82, 2.24) is 14.5 Å². The summed E-state index contributed by atoms with van der Waals surface area (Å²) >= 11 is 3.28. The summed E-state index contributed by atoms with van der Waals surface area (Å²) in [5.74, 6) is 0.825. The smallest absolute Gasteiger partial charge is 0.262 e. The molecule has 3 aromatic heterocycles. The van der Waals surface area contributed by atoms with Crippen molar-refractivity contribution in [2.75, 3.05) is 7.11 Å². The Morgan fingerprint density at radius 1 is 1.14 bits per heavy atom. The number of methoxy groups -OCH3 is 1. The lowest BCUT2D eigenvalue weighted by atomic mass is 10.1. The Morgan fingerprint density at radius 2 is 1.97 bits per heavy atom. The average molecular weight is 424 g/mol. The van der Waals surface area contributed by atoms with Crippen LogP contribution >= 0.6 is 22.7 Å². The highest BCUT2D eigenvalue weighted by Crippen LogP contribution is 2.33. The lowest BCUT2D eigenvalue weighted by Gasteiger charge is -2.04. The summed E-state index contributed by atoms with van der Waals surface area (Å²) in [7, 11) is 1.66. The normalized spacial score (nSPS) is 14.0. The lowest BCUT2D eigenvalue weighted by Crippen LogP contribution is -2.21. The minimum Gasteiger partial charge on any atom is -0.497 e. The fourth-order valence-corrected chi connectivity index (χ4v) is 5.93. The number of thiophene rings is 1. The second-order valence-electron chi connectivity index (χ2n) is 7.29. The molecule has 0 unspecified atom stereocenters. The second-order valence-corrected chi connectivity index (χ2v) is 9.24. The van der Waals surface area contributed by atoms with Crippen LogP contribution in [-0.2, 0) is 19.4 Å². The van der Waals surface area contributed by atoms with Crippen molar-refractivity contribution in [3.05, 3.63) is 62.5 Å². The van der Waals surface area contributed by atoms with Crippen LogP contribution in [0.25, 0.3) is 20.8 Å². The zero-order valence-corrected chi connectivity index (χ0v) is 17.8. The van der Waals surface area contributed by atoms with Gasteiger partial charge in [0.25, 0.3) is 5.56 Å². The Hall–Kier alpha value is -2.51. The van der Waals surface area contributed by atoms with E-state index in [1.165, 1.54) is 23.3 Å². The summed E-state index contributed by atoms with van der Waals surface area (Å²) in [6.45, 7) is 0.444. The van der Waals surface area contributed by atoms with Gasteiger partial charge in [0.2, 0.25) is 0 Å². The number of thiazole rings is 1. The third kappa shape index (κ3) is 3.49. The van der Waals surface area contributed by atoms with Gasteiger partial charge in [0.05, 0.1) is 31.1 Å². The van der Waals surface area contributed by atoms with Crippen LogP contribution in [-0.4, -0.2) is 21.6 Å². The summed E-state index contributed by atoms with van der Waals surface area (Å²) in [4.78, 5) is 24.8. The molecule has 0 radical (unpaired) electrons. The SMILES string of the molecule is COc1ccc(-c2nc(Cn3cnc4sc5c(c4c3=O)CCCCC5)cs2)cc1. The summed E-state index contributed by atoms with van der Waals surface area (Å²) in [5, 5.41) is 3.79. The summed E-state index contributed by atoms with van der Waals surface area (Å²) in [6.07, 6.45) is 7.35. The quantitative estimate of drug-likeness (QED) is 0.438. The maximum Gasteiger partial charge on any atom is 0.262 e. The first-order valence-corrected chi connectivity index (χ1v) is 11.5. The Labute approximate surface area is 176 Å². The number of aryl methyl sites for hydroxylation is 2. The molecule has 1 aliphatic carbocycles. The van der Waals surface area contributed by atoms with Crippen molar-refractivity contribution in [3.63, 3.8) is 0 Å². The second kappa shape index (κ2) is 7.72. The topological polar surface area (TPSA) is 57.0 Å². The van der Waals surface area contributed by atoms with Gasteiger partial charge in [-0.05, 0) is 55.5 Å². The molecule has 0 atom stereocenters. The summed E-state index contributed by atoms with van der Waals surface area (Å²) in [6, 6.07) is 7.87. The molecule has 0 aliphatic heterocycles. The highest BCUT2D eigenvalue weighted by atomic mass is 32.1. The van der Waals surface area contributed by atoms with E-state index in [9.17, 15) is 4.79 Å². The van der Waals surface area contributed by atoms with E-state index in [2.05, 4.69) is 4.98 Å². The van der Waals surface area contributed by atoms with Crippen molar-refractivity contribution in [2.45, 2.75) is 38.6 Å². The van der Waals surface area contributed by atoms with Gasteiger partial charge in [0.15, 0.2) is 0 Å². The van der Waals surface area contributed by atoms with Gasteiger partial charge in [0.1, 0.15) is 15.6 Å². The maximum atomic E-state index is 13.2. The third-order valence-corrected chi connectivity index (χ3v) is 7.55. The molecule has 0 N–H and O–H groups in total. The first-order valence-electron chi connectivity index (χ1n) is 9.81. The largest absolute Gasteiger partial charge is 0.497 e. The minimum atomic E-state index is 0.0633. The Kier molecular flexibility index (Phi) is 4.93. The molecule has 3 heterocycles. The molecular formula is C22H21N3O2S2. The van der Waals surface area contributed by atoms with Crippen LogP contribution in [0.4, 0.5) is 0 Å². The molecule has 148 valence electrons. The monoisotopic (exact) mass is 423 g/mol. The molecule has 7 heteroatoms. The number of hydrogen-bond acceptors (Lipinski definition) is 6. The number of aromatic nitrogens is 3. The molecule has 4 aromatic rings. The molecule has 1 aromatic carbocycles. The van der Waals surface area contributed by atoms with Gasteiger partial charge in [0, 0.05) is 15.8 Å². The predicted molar refractivity (Wildman–Crippen MR) is 118 cm³/mol. The molecule has 0 amide bonds. The van der Waals surface area contributed by atoms with Crippen molar-refractivity contribution < 1.29 is 4.74 Å². The number of nitrogens with zero attached hydrogens (tertiary/aromatic N) is 3. The van der Waals surface area contributed by atoms with Crippen LogP contribution in [0.2, 0.25) is 0 Å². The Bertz CT molecular complexity index is 1220. The van der Waals surface area contributed by atoms with E-state index < -0.39 is 0 Å². The first-order chi connectivity index (χ1) is 14.2. The molecule has 0 fully saturated rings. The number of rotatable bonds is 4. The number of ether oxygens (including phenoxy) is 1. The average Bonchev–Trinajstić information content (AvgIpc) is 3.28. The van der Waals surface area contributed by atoms with Gasteiger partial charge < -0.3 is 4.74 Å². The summed E-state index contributed by atoms with van der Waals surface area (Å²) in [5.41, 5.74) is 3.23. The van der Waals surface area contributed by atoms with E-state index in [1.807, 2.05) is 29.6 Å². The molecule has 29 heavy (non-hydrogen) atoms. The Balaban J connectivity index is 1.46. The van der Waals surface area contributed by atoms with Crippen LogP contribution in [0.1, 0.15) is 35.4 Å². The highest BCUT2D eigenvalue weighted by molar-refractivity contribution is 7.18. The van der Waals surface area contributed by atoms with E-state index in [1.54, 1.807) is 40.7 Å². The van der Waals surface area contributed by atoms with Crippen LogP contribution in [0, 0.1) is 0 Å². The van der Waals surface area contributed by atoms with Gasteiger partial charge >= 0.3 is 0 Å². The molecule has 0 saturated heterocycles. The third-order valence-electron chi connectivity index (χ3n) is 5.41. The number of hydrogen-bond donors (Lipinski definition) is 0. The van der Waals surface area contributed by atoms with E-state index in [4.69, 9.17) is 9.72 Å². The molecule has 0 bridgehead atoms. The lowest BCUT2D eigenvalue weighted by molar-refractivity contribution is 0.415. The van der Waals surface area contributed by atoms with Crippen LogP contribution in [0.15, 0.2) is 40.8 Å². The van der Waals surface area contributed by atoms with Gasteiger partial charge in [-0.25, -0.2) is 9.97 Å². The highest BCUT2D eigenvalue weighted by Gasteiger charge is 2.19. The van der Waals surface area contributed by atoms with E-state index in [0.29, 0.717) is 6.54 Å². The minimum absolute atomic E-state index is 0.0633. The van der Waals surface area contributed by atoms with E-state index >= 15 is 0 Å². The van der Waals surface area contributed by atoms with E-state index in [0.717, 1.165) is 51.5 Å². The van der Waals surface area contributed by atoms with Gasteiger partial charge in [-0.3, -0.25) is 9.36 Å². The van der Waals surface area contributed by atoms with Gasteiger partial charge in [-0.2, -0.15) is 0 Å². The number of benzene rings is 1. The van der Waals surface area contributed by atoms with Crippen molar-refractivity contribution >= 4 is 32.9 Å². The van der Waals surface area contributed by atoms with Crippen molar-refractivity contribution in [1.29, 1.82) is 0 Å². The fraction of sp³-hybridized carbons (Fsp3) is 0.318. The molecule has 5 nitrogen and oxygen atoms in total. The molecule has 0 saturated carbocycles. The summed E-state index contributed by atoms with van der Waals surface area (Å²) < 4.78 is 6.92. The zero-order chi connectivity index (χ0) is 19.8. The number of fused-ring (bicyclic) bond motifs is 3. The van der Waals surface area contributed by atoms with Crippen LogP contribution in [0.5, 0.6) is 5.75 Å². The molecule has 1 aliphatic rings. The molecular weight excluding hydrogens is 402 g/mol. The molecule has 0 spiro atoms. The van der Waals surface area contributed by atoms with Gasteiger partial charge in [-0.15, -0.1) is 22.7 Å². The van der Waals surface area contributed by atoms with Crippen LogP contribution < -0.4 is 10.3 Å². The zero-order valence-electron chi connectivity index (χ0n) is 16.2. The first kappa shape index (κ1) is 18.5. The standard InChI is InChI=1S/C22H21N3O2S2/c1-27-16-9-7-14(8-10-16)20-24-15(12-28-20)11-25-13-23-21-19(22(25)26)17-5-3-2-4-6-18(17)29-21/h7-10,12-13H,2-6,11H2,1H3. The van der Waals surface area contributed by atoms with Crippen molar-refractivity contribution in [3.8, 4) is 16.3 Å². The van der Waals surface area contributed by atoms with Crippen LogP contribution in [0.3, 0.4) is 0 Å². The molecule has 5 rings (SSSR count). The van der Waals surface area contributed by atoms with E-state index in [-0.39, 0.29) is 5.56 Å².